The van der Waals surface area contributed by atoms with Crippen molar-refractivity contribution in [2.45, 2.75) is 31.2 Å². The summed E-state index contributed by atoms with van der Waals surface area (Å²) in [5.74, 6) is -0.291. The van der Waals surface area contributed by atoms with Crippen LogP contribution in [0.25, 0.3) is 0 Å². The average molecular weight is 433 g/mol. The van der Waals surface area contributed by atoms with E-state index in [1.165, 1.54) is 24.8 Å². The Labute approximate surface area is 180 Å². The predicted octanol–water partition coefficient (Wildman–Crippen LogP) is 2.79. The third-order valence-corrected chi connectivity index (χ3v) is 6.87. The van der Waals surface area contributed by atoms with Crippen molar-refractivity contribution in [2.24, 2.45) is 0 Å². The Morgan fingerprint density at radius 3 is 2.23 bits per heavy atom. The summed E-state index contributed by atoms with van der Waals surface area (Å²) in [6.07, 6.45) is 0.847. The van der Waals surface area contributed by atoms with Gasteiger partial charge in [0.05, 0.1) is 17.3 Å². The van der Waals surface area contributed by atoms with E-state index in [1.807, 2.05) is 18.2 Å². The third kappa shape index (κ3) is 6.93. The normalized spacial score (nSPS) is 12.7. The van der Waals surface area contributed by atoms with Crippen molar-refractivity contribution in [2.75, 3.05) is 39.1 Å². The minimum absolute atomic E-state index is 0.0833. The van der Waals surface area contributed by atoms with Gasteiger partial charge in [0, 0.05) is 25.3 Å². The zero-order valence-electron chi connectivity index (χ0n) is 18.0. The van der Waals surface area contributed by atoms with E-state index in [9.17, 15) is 13.2 Å². The maximum Gasteiger partial charge on any atom is 0.251 e. The van der Waals surface area contributed by atoms with Crippen LogP contribution in [-0.4, -0.2) is 64.4 Å². The lowest BCUT2D eigenvalue weighted by Gasteiger charge is -2.30. The fourth-order valence-electron chi connectivity index (χ4n) is 3.39. The lowest BCUT2D eigenvalue weighted by molar-refractivity contribution is 0.0934. The largest absolute Gasteiger partial charge is 0.384 e. The van der Waals surface area contributed by atoms with E-state index in [1.54, 1.807) is 12.1 Å². The van der Waals surface area contributed by atoms with Crippen molar-refractivity contribution in [3.05, 3.63) is 65.7 Å². The molecule has 0 bridgehead atoms. The van der Waals surface area contributed by atoms with Gasteiger partial charge in [-0.25, -0.2) is 8.42 Å². The van der Waals surface area contributed by atoms with Crippen LogP contribution in [-0.2, 0) is 21.0 Å². The summed E-state index contributed by atoms with van der Waals surface area (Å²) in [7, 11) is -1.94. The number of rotatable bonds is 12. The topological polar surface area (TPSA) is 75.7 Å². The van der Waals surface area contributed by atoms with Crippen LogP contribution in [0.3, 0.4) is 0 Å². The Balaban J connectivity index is 2.03. The Kier molecular flexibility index (Phi) is 9.49. The van der Waals surface area contributed by atoms with Crippen LogP contribution in [0.4, 0.5) is 0 Å². The summed E-state index contributed by atoms with van der Waals surface area (Å²) >= 11 is 0. The first-order valence-corrected chi connectivity index (χ1v) is 11.9. The van der Waals surface area contributed by atoms with Crippen LogP contribution >= 0.6 is 0 Å². The monoisotopic (exact) mass is 432 g/mol. The van der Waals surface area contributed by atoms with E-state index in [-0.39, 0.29) is 29.2 Å². The van der Waals surface area contributed by atoms with Gasteiger partial charge < -0.3 is 10.1 Å². The van der Waals surface area contributed by atoms with Crippen molar-refractivity contribution in [3.8, 4) is 0 Å². The molecule has 6 nitrogen and oxygen atoms in total. The highest BCUT2D eigenvalue weighted by molar-refractivity contribution is 7.91. The van der Waals surface area contributed by atoms with Gasteiger partial charge in [-0.3, -0.25) is 9.69 Å². The molecule has 0 aliphatic rings. The maximum absolute atomic E-state index is 12.6. The molecule has 1 N–H and O–H groups in total. The molecule has 7 heteroatoms. The van der Waals surface area contributed by atoms with Crippen LogP contribution in [0.15, 0.2) is 59.5 Å². The minimum Gasteiger partial charge on any atom is -0.384 e. The van der Waals surface area contributed by atoms with Gasteiger partial charge in [-0.05, 0) is 49.3 Å². The number of carbonyl (C=O) groups excluding carboxylic acids is 1. The lowest BCUT2D eigenvalue weighted by atomic mass is 10.0. The predicted molar refractivity (Wildman–Crippen MR) is 120 cm³/mol. The molecule has 0 radical (unpaired) electrons. The average Bonchev–Trinajstić information content (AvgIpc) is 2.77. The van der Waals surface area contributed by atoms with Crippen LogP contribution in [0, 0.1) is 0 Å². The standard InChI is InChI=1S/C23H32N2O4S/c1-4-25(5-2)21(17-19-9-7-6-8-10-19)18-24-23(26)20-11-13-22(14-12-20)30(27,28)16-15-29-3/h6-14,21H,4-5,15-18H2,1-3H3,(H,24,26). The molecule has 2 aromatic carbocycles. The number of benzene rings is 2. The number of hydrogen-bond donors (Lipinski definition) is 1. The second kappa shape index (κ2) is 11.8. The number of sulfone groups is 1. The van der Waals surface area contributed by atoms with E-state index in [2.05, 4.69) is 36.2 Å². The van der Waals surface area contributed by atoms with E-state index >= 15 is 0 Å². The van der Waals surface area contributed by atoms with Crippen LogP contribution in [0.1, 0.15) is 29.8 Å². The Morgan fingerprint density at radius 1 is 1.03 bits per heavy atom. The molecule has 164 valence electrons. The van der Waals surface area contributed by atoms with Gasteiger partial charge in [0.15, 0.2) is 9.84 Å². The fraction of sp³-hybridized carbons (Fsp3) is 0.435. The molecule has 0 spiro atoms. The number of nitrogens with one attached hydrogen (secondary N) is 1. The zero-order valence-corrected chi connectivity index (χ0v) is 18.8. The van der Waals surface area contributed by atoms with Gasteiger partial charge in [-0.2, -0.15) is 0 Å². The molecule has 1 atom stereocenters. The number of hydrogen-bond acceptors (Lipinski definition) is 5. The van der Waals surface area contributed by atoms with Crippen molar-refractivity contribution in [1.29, 1.82) is 0 Å². The molecule has 0 heterocycles. The first kappa shape index (κ1) is 24.1. The molecule has 0 aliphatic heterocycles. The van der Waals surface area contributed by atoms with Gasteiger partial charge in [0.1, 0.15) is 0 Å². The molecule has 2 rings (SSSR count). The Hall–Kier alpha value is -2.22. The van der Waals surface area contributed by atoms with Crippen LogP contribution < -0.4 is 5.32 Å². The highest BCUT2D eigenvalue weighted by Crippen LogP contribution is 2.13. The quantitative estimate of drug-likeness (QED) is 0.558. The molecular formula is C23H32N2O4S. The number of carbonyl (C=O) groups is 1. The second-order valence-corrected chi connectivity index (χ2v) is 9.22. The smallest absolute Gasteiger partial charge is 0.251 e. The van der Waals surface area contributed by atoms with E-state index in [0.717, 1.165) is 19.5 Å². The minimum atomic E-state index is -3.41. The number of methoxy groups -OCH3 is 1. The van der Waals surface area contributed by atoms with E-state index in [0.29, 0.717) is 12.1 Å². The van der Waals surface area contributed by atoms with Crippen molar-refractivity contribution < 1.29 is 17.9 Å². The first-order chi connectivity index (χ1) is 14.4. The first-order valence-electron chi connectivity index (χ1n) is 10.3. The molecular weight excluding hydrogens is 400 g/mol. The number of likely N-dealkylation sites (N-methyl/N-ethyl adjacent to an activating group) is 1. The summed E-state index contributed by atoms with van der Waals surface area (Å²) in [4.78, 5) is 15.2. The van der Waals surface area contributed by atoms with Gasteiger partial charge >= 0.3 is 0 Å². The van der Waals surface area contributed by atoms with E-state index in [4.69, 9.17) is 4.74 Å². The summed E-state index contributed by atoms with van der Waals surface area (Å²) in [5.41, 5.74) is 1.67. The highest BCUT2D eigenvalue weighted by Gasteiger charge is 2.19. The van der Waals surface area contributed by atoms with Crippen molar-refractivity contribution in [1.82, 2.24) is 10.2 Å². The van der Waals surface area contributed by atoms with Gasteiger partial charge in [0.2, 0.25) is 0 Å². The number of ether oxygens (including phenoxy) is 1. The van der Waals surface area contributed by atoms with Crippen LogP contribution in [0.2, 0.25) is 0 Å². The highest BCUT2D eigenvalue weighted by atomic mass is 32.2. The third-order valence-electron chi connectivity index (χ3n) is 5.17. The van der Waals surface area contributed by atoms with Crippen molar-refractivity contribution >= 4 is 15.7 Å². The Morgan fingerprint density at radius 2 is 1.67 bits per heavy atom. The molecule has 2 aromatic rings. The zero-order chi connectivity index (χ0) is 22.0. The van der Waals surface area contributed by atoms with Gasteiger partial charge in [-0.1, -0.05) is 44.2 Å². The summed E-state index contributed by atoms with van der Waals surface area (Å²) in [5, 5.41) is 3.01. The summed E-state index contributed by atoms with van der Waals surface area (Å²) < 4.78 is 29.3. The summed E-state index contributed by atoms with van der Waals surface area (Å²) in [6.45, 7) is 6.69. The van der Waals surface area contributed by atoms with Crippen molar-refractivity contribution in [3.63, 3.8) is 0 Å². The second-order valence-electron chi connectivity index (χ2n) is 7.11. The molecule has 0 saturated heterocycles. The summed E-state index contributed by atoms with van der Waals surface area (Å²) in [6, 6.07) is 16.5. The molecule has 0 aromatic heterocycles. The fourth-order valence-corrected chi connectivity index (χ4v) is 4.57. The molecule has 1 unspecified atom stereocenters. The number of amides is 1. The Bertz CT molecular complexity index is 879. The van der Waals surface area contributed by atoms with Gasteiger partial charge in [0.25, 0.3) is 5.91 Å². The number of nitrogens with zero attached hydrogens (tertiary/aromatic N) is 1. The SMILES string of the molecule is CCN(CC)C(CNC(=O)c1ccc(S(=O)(=O)CCOC)cc1)Cc1ccccc1. The van der Waals surface area contributed by atoms with Crippen LogP contribution in [0.5, 0.6) is 0 Å². The van der Waals surface area contributed by atoms with E-state index < -0.39 is 9.84 Å². The lowest BCUT2D eigenvalue weighted by Crippen LogP contribution is -2.45. The maximum atomic E-state index is 12.6. The van der Waals surface area contributed by atoms with Gasteiger partial charge in [-0.15, -0.1) is 0 Å². The molecule has 1 amide bonds. The molecule has 30 heavy (non-hydrogen) atoms. The molecule has 0 aliphatic carbocycles. The molecule has 0 fully saturated rings. The molecule has 0 saturated carbocycles.